The fraction of sp³-hybridized carbons (Fsp3) is 0.625. The SMILES string of the molecule is NC(CC1CC1)c1ncc[nH]1. The van der Waals surface area contributed by atoms with Gasteiger partial charge in [0.25, 0.3) is 0 Å². The Bertz CT molecular complexity index is 213. The molecule has 3 heteroatoms. The first kappa shape index (κ1) is 6.85. The standard InChI is InChI=1S/C8H13N3/c9-7(5-6-1-2-6)8-10-3-4-11-8/h3-4,6-7H,1-2,5,9H2,(H,10,11). The van der Waals surface area contributed by atoms with Crippen molar-refractivity contribution in [1.82, 2.24) is 9.97 Å². The first-order chi connectivity index (χ1) is 5.36. The highest BCUT2D eigenvalue weighted by Crippen LogP contribution is 2.35. The quantitative estimate of drug-likeness (QED) is 0.682. The van der Waals surface area contributed by atoms with E-state index in [4.69, 9.17) is 5.73 Å². The third kappa shape index (κ3) is 1.60. The molecular formula is C8H13N3. The Morgan fingerprint density at radius 2 is 2.55 bits per heavy atom. The van der Waals surface area contributed by atoms with Gasteiger partial charge >= 0.3 is 0 Å². The average molecular weight is 151 g/mol. The van der Waals surface area contributed by atoms with Crippen LogP contribution < -0.4 is 5.73 Å². The largest absolute Gasteiger partial charge is 0.347 e. The van der Waals surface area contributed by atoms with Crippen molar-refractivity contribution in [3.8, 4) is 0 Å². The van der Waals surface area contributed by atoms with Crippen molar-refractivity contribution in [2.45, 2.75) is 25.3 Å². The zero-order valence-electron chi connectivity index (χ0n) is 6.46. The summed E-state index contributed by atoms with van der Waals surface area (Å²) in [6, 6.07) is 0.123. The summed E-state index contributed by atoms with van der Waals surface area (Å²) >= 11 is 0. The number of aromatic amines is 1. The van der Waals surface area contributed by atoms with Gasteiger partial charge < -0.3 is 10.7 Å². The van der Waals surface area contributed by atoms with Gasteiger partial charge in [-0.2, -0.15) is 0 Å². The molecule has 1 aliphatic rings. The molecule has 11 heavy (non-hydrogen) atoms. The number of nitrogens with zero attached hydrogens (tertiary/aromatic N) is 1. The van der Waals surface area contributed by atoms with Crippen molar-refractivity contribution < 1.29 is 0 Å². The van der Waals surface area contributed by atoms with E-state index in [1.54, 1.807) is 6.20 Å². The summed E-state index contributed by atoms with van der Waals surface area (Å²) in [4.78, 5) is 7.15. The summed E-state index contributed by atoms with van der Waals surface area (Å²) in [5, 5.41) is 0. The molecule has 1 aliphatic carbocycles. The van der Waals surface area contributed by atoms with Crippen LogP contribution in [0.4, 0.5) is 0 Å². The van der Waals surface area contributed by atoms with Crippen LogP contribution in [0.15, 0.2) is 12.4 Å². The van der Waals surface area contributed by atoms with Crippen molar-refractivity contribution in [1.29, 1.82) is 0 Å². The van der Waals surface area contributed by atoms with Crippen LogP contribution in [0.25, 0.3) is 0 Å². The van der Waals surface area contributed by atoms with Gasteiger partial charge in [-0.25, -0.2) is 4.98 Å². The third-order valence-corrected chi connectivity index (χ3v) is 2.15. The van der Waals surface area contributed by atoms with Gasteiger partial charge in [0.05, 0.1) is 6.04 Å². The first-order valence-electron chi connectivity index (χ1n) is 4.11. The van der Waals surface area contributed by atoms with Crippen LogP contribution in [0, 0.1) is 5.92 Å². The second-order valence-corrected chi connectivity index (χ2v) is 3.26. The fourth-order valence-electron chi connectivity index (χ4n) is 1.30. The highest BCUT2D eigenvalue weighted by molar-refractivity contribution is 4.96. The van der Waals surface area contributed by atoms with E-state index in [2.05, 4.69) is 9.97 Å². The van der Waals surface area contributed by atoms with Gasteiger partial charge in [-0.15, -0.1) is 0 Å². The van der Waals surface area contributed by atoms with Crippen molar-refractivity contribution in [2.24, 2.45) is 11.7 Å². The second kappa shape index (κ2) is 2.66. The second-order valence-electron chi connectivity index (χ2n) is 3.26. The van der Waals surface area contributed by atoms with Crippen LogP contribution in [0.1, 0.15) is 31.1 Å². The Kier molecular flexibility index (Phi) is 1.66. The molecule has 1 saturated carbocycles. The molecule has 0 bridgehead atoms. The molecule has 1 heterocycles. The summed E-state index contributed by atoms with van der Waals surface area (Å²) in [6.07, 6.45) is 7.38. The molecule has 3 N–H and O–H groups in total. The zero-order chi connectivity index (χ0) is 7.68. The number of aromatic nitrogens is 2. The molecule has 60 valence electrons. The van der Waals surface area contributed by atoms with Crippen LogP contribution in [0.5, 0.6) is 0 Å². The molecule has 0 aromatic carbocycles. The van der Waals surface area contributed by atoms with E-state index in [9.17, 15) is 0 Å². The van der Waals surface area contributed by atoms with E-state index in [0.717, 1.165) is 18.2 Å². The third-order valence-electron chi connectivity index (χ3n) is 2.15. The van der Waals surface area contributed by atoms with Crippen molar-refractivity contribution in [3.05, 3.63) is 18.2 Å². The number of imidazole rings is 1. The van der Waals surface area contributed by atoms with Gasteiger partial charge in [0.15, 0.2) is 0 Å². The highest BCUT2D eigenvalue weighted by Gasteiger charge is 2.25. The molecule has 0 saturated heterocycles. The molecule has 1 atom stereocenters. The summed E-state index contributed by atoms with van der Waals surface area (Å²) in [6.45, 7) is 0. The van der Waals surface area contributed by atoms with E-state index in [1.807, 2.05) is 6.20 Å². The van der Waals surface area contributed by atoms with E-state index in [1.165, 1.54) is 12.8 Å². The first-order valence-corrected chi connectivity index (χ1v) is 4.11. The molecule has 1 aromatic rings. The Morgan fingerprint density at radius 3 is 3.09 bits per heavy atom. The van der Waals surface area contributed by atoms with Crippen molar-refractivity contribution in [2.75, 3.05) is 0 Å². The summed E-state index contributed by atoms with van der Waals surface area (Å²) in [5.74, 6) is 1.80. The molecule has 1 aromatic heterocycles. The van der Waals surface area contributed by atoms with E-state index in [-0.39, 0.29) is 6.04 Å². The van der Waals surface area contributed by atoms with Crippen LogP contribution in [0.2, 0.25) is 0 Å². The average Bonchev–Trinajstić information content (AvgIpc) is 2.67. The normalized spacial score (nSPS) is 20.1. The van der Waals surface area contributed by atoms with Crippen molar-refractivity contribution in [3.63, 3.8) is 0 Å². The Balaban J connectivity index is 1.93. The predicted octanol–water partition coefficient (Wildman–Crippen LogP) is 1.21. The van der Waals surface area contributed by atoms with Gasteiger partial charge in [-0.3, -0.25) is 0 Å². The zero-order valence-corrected chi connectivity index (χ0v) is 6.46. The lowest BCUT2D eigenvalue weighted by atomic mass is 10.1. The minimum absolute atomic E-state index is 0.123. The molecule has 3 nitrogen and oxygen atoms in total. The highest BCUT2D eigenvalue weighted by atomic mass is 14.9. The molecule has 0 amide bonds. The Morgan fingerprint density at radius 1 is 1.73 bits per heavy atom. The lowest BCUT2D eigenvalue weighted by Gasteiger charge is -2.05. The number of hydrogen-bond donors (Lipinski definition) is 2. The van der Waals surface area contributed by atoms with Crippen LogP contribution >= 0.6 is 0 Å². The number of rotatable bonds is 3. The smallest absolute Gasteiger partial charge is 0.123 e. The minimum atomic E-state index is 0.123. The lowest BCUT2D eigenvalue weighted by Crippen LogP contribution is -2.12. The van der Waals surface area contributed by atoms with Crippen molar-refractivity contribution >= 4 is 0 Å². The molecule has 0 aliphatic heterocycles. The Hall–Kier alpha value is -0.830. The number of H-pyrrole nitrogens is 1. The summed E-state index contributed by atoms with van der Waals surface area (Å²) in [7, 11) is 0. The number of nitrogens with two attached hydrogens (primary N) is 1. The van der Waals surface area contributed by atoms with E-state index >= 15 is 0 Å². The van der Waals surface area contributed by atoms with Gasteiger partial charge in [0, 0.05) is 12.4 Å². The monoisotopic (exact) mass is 151 g/mol. The maximum atomic E-state index is 5.89. The molecule has 0 spiro atoms. The summed E-state index contributed by atoms with van der Waals surface area (Å²) < 4.78 is 0. The predicted molar refractivity (Wildman–Crippen MR) is 42.9 cm³/mol. The molecule has 1 unspecified atom stereocenters. The molecular weight excluding hydrogens is 138 g/mol. The number of hydrogen-bond acceptors (Lipinski definition) is 2. The van der Waals surface area contributed by atoms with Crippen LogP contribution in [0.3, 0.4) is 0 Å². The van der Waals surface area contributed by atoms with Gasteiger partial charge in [0.2, 0.25) is 0 Å². The van der Waals surface area contributed by atoms with Crippen LogP contribution in [-0.2, 0) is 0 Å². The topological polar surface area (TPSA) is 54.7 Å². The van der Waals surface area contributed by atoms with Gasteiger partial charge in [-0.1, -0.05) is 12.8 Å². The molecule has 1 fully saturated rings. The minimum Gasteiger partial charge on any atom is -0.347 e. The van der Waals surface area contributed by atoms with E-state index < -0.39 is 0 Å². The lowest BCUT2D eigenvalue weighted by molar-refractivity contribution is 0.572. The maximum absolute atomic E-state index is 5.89. The molecule has 0 radical (unpaired) electrons. The van der Waals surface area contributed by atoms with Gasteiger partial charge in [0.1, 0.15) is 5.82 Å². The molecule has 2 rings (SSSR count). The maximum Gasteiger partial charge on any atom is 0.123 e. The van der Waals surface area contributed by atoms with Gasteiger partial charge in [-0.05, 0) is 12.3 Å². The van der Waals surface area contributed by atoms with E-state index in [0.29, 0.717) is 0 Å². The van der Waals surface area contributed by atoms with Crippen LogP contribution in [-0.4, -0.2) is 9.97 Å². The Labute approximate surface area is 66.0 Å². The number of nitrogens with one attached hydrogen (secondary N) is 1. The fourth-order valence-corrected chi connectivity index (χ4v) is 1.30. The summed E-state index contributed by atoms with van der Waals surface area (Å²) in [5.41, 5.74) is 5.89.